The molecule has 2 aromatic carbocycles. The van der Waals surface area contributed by atoms with E-state index in [0.717, 1.165) is 5.56 Å². The third-order valence-corrected chi connectivity index (χ3v) is 5.49. The van der Waals surface area contributed by atoms with Crippen LogP contribution in [0.3, 0.4) is 0 Å². The minimum atomic E-state index is -0.497. The average molecular weight is 495 g/mol. The Bertz CT molecular complexity index is 1220. The molecule has 2 N–H and O–H groups in total. The van der Waals surface area contributed by atoms with Crippen molar-refractivity contribution < 1.29 is 33.0 Å². The lowest BCUT2D eigenvalue weighted by atomic mass is 10.0. The Labute approximate surface area is 210 Å². The molecule has 1 atom stereocenters. The first-order chi connectivity index (χ1) is 17.4. The maximum absolute atomic E-state index is 13.3. The zero-order valence-corrected chi connectivity index (χ0v) is 20.9. The number of amides is 2. The Balaban J connectivity index is 1.87. The van der Waals surface area contributed by atoms with Gasteiger partial charge in [-0.2, -0.15) is 0 Å². The van der Waals surface area contributed by atoms with Gasteiger partial charge in [0.05, 0.1) is 40.7 Å². The largest absolute Gasteiger partial charge is 0.493 e. The molecule has 1 aromatic heterocycles. The zero-order valence-electron chi connectivity index (χ0n) is 20.9. The summed E-state index contributed by atoms with van der Waals surface area (Å²) in [4.78, 5) is 26.4. The highest BCUT2D eigenvalue weighted by molar-refractivity contribution is 6.05. The molecule has 36 heavy (non-hydrogen) atoms. The molecule has 9 heteroatoms. The van der Waals surface area contributed by atoms with Crippen molar-refractivity contribution in [3.05, 3.63) is 77.4 Å². The topological polar surface area (TPSA) is 108 Å². The van der Waals surface area contributed by atoms with E-state index < -0.39 is 11.8 Å². The number of furan rings is 1. The van der Waals surface area contributed by atoms with Gasteiger partial charge in [-0.15, -0.1) is 0 Å². The standard InChI is InChI=1S/C27H30N2O7/c1-6-20(17-9-11-22(32-2)24(14-17)34-4)28-27(31)21(16-19-8-7-13-36-19)29-26(30)18-10-12-23(33-3)25(15-18)35-5/h7-16,20H,6H2,1-5H3,(H,28,31)(H,29,30)/b21-16-/t20-/m1/s1. The van der Waals surface area contributed by atoms with Crippen molar-refractivity contribution in [2.45, 2.75) is 19.4 Å². The summed E-state index contributed by atoms with van der Waals surface area (Å²) in [5.41, 5.74) is 1.13. The van der Waals surface area contributed by atoms with Crippen LogP contribution >= 0.6 is 0 Å². The molecule has 2 amide bonds. The second kappa shape index (κ2) is 12.3. The summed E-state index contributed by atoms with van der Waals surface area (Å²) >= 11 is 0. The summed E-state index contributed by atoms with van der Waals surface area (Å²) in [7, 11) is 6.10. The molecular formula is C27H30N2O7. The number of carbonyl (C=O) groups excluding carboxylic acids is 2. The van der Waals surface area contributed by atoms with Crippen LogP contribution < -0.4 is 29.6 Å². The lowest BCUT2D eigenvalue weighted by molar-refractivity contribution is -0.118. The predicted molar refractivity (Wildman–Crippen MR) is 134 cm³/mol. The van der Waals surface area contributed by atoms with Gasteiger partial charge in [-0.1, -0.05) is 13.0 Å². The summed E-state index contributed by atoms with van der Waals surface area (Å²) in [6.45, 7) is 1.94. The lowest BCUT2D eigenvalue weighted by Gasteiger charge is -2.20. The van der Waals surface area contributed by atoms with Crippen molar-refractivity contribution in [3.8, 4) is 23.0 Å². The van der Waals surface area contributed by atoms with Crippen molar-refractivity contribution in [2.24, 2.45) is 0 Å². The van der Waals surface area contributed by atoms with Crippen LogP contribution in [0.5, 0.6) is 23.0 Å². The van der Waals surface area contributed by atoms with Crippen LogP contribution in [0.25, 0.3) is 6.08 Å². The van der Waals surface area contributed by atoms with Crippen LogP contribution in [0.4, 0.5) is 0 Å². The highest BCUT2D eigenvalue weighted by Crippen LogP contribution is 2.31. The van der Waals surface area contributed by atoms with E-state index in [9.17, 15) is 9.59 Å². The van der Waals surface area contributed by atoms with Crippen molar-refractivity contribution in [1.82, 2.24) is 10.6 Å². The molecule has 190 valence electrons. The molecule has 0 saturated heterocycles. The fourth-order valence-electron chi connectivity index (χ4n) is 3.57. The van der Waals surface area contributed by atoms with Gasteiger partial charge < -0.3 is 34.0 Å². The molecule has 3 rings (SSSR count). The number of methoxy groups -OCH3 is 4. The van der Waals surface area contributed by atoms with Crippen molar-refractivity contribution in [2.75, 3.05) is 28.4 Å². The molecule has 0 radical (unpaired) electrons. The predicted octanol–water partition coefficient (Wildman–Crippen LogP) is 4.35. The Morgan fingerprint density at radius 2 is 1.53 bits per heavy atom. The van der Waals surface area contributed by atoms with E-state index in [1.807, 2.05) is 19.1 Å². The minimum Gasteiger partial charge on any atom is -0.493 e. The first-order valence-electron chi connectivity index (χ1n) is 11.2. The van der Waals surface area contributed by atoms with Crippen molar-refractivity contribution >= 4 is 17.9 Å². The molecule has 9 nitrogen and oxygen atoms in total. The van der Waals surface area contributed by atoms with Crippen LogP contribution in [0.2, 0.25) is 0 Å². The number of benzene rings is 2. The minimum absolute atomic E-state index is 0.0173. The maximum Gasteiger partial charge on any atom is 0.268 e. The molecule has 0 spiro atoms. The van der Waals surface area contributed by atoms with Crippen LogP contribution in [-0.2, 0) is 4.79 Å². The first-order valence-corrected chi connectivity index (χ1v) is 11.2. The van der Waals surface area contributed by atoms with Gasteiger partial charge in [0.15, 0.2) is 23.0 Å². The molecular weight excluding hydrogens is 464 g/mol. The van der Waals surface area contributed by atoms with E-state index in [-0.39, 0.29) is 17.3 Å². The smallest absolute Gasteiger partial charge is 0.268 e. The van der Waals surface area contributed by atoms with E-state index >= 15 is 0 Å². The molecule has 0 saturated carbocycles. The second-order valence-corrected chi connectivity index (χ2v) is 7.65. The summed E-state index contributed by atoms with van der Waals surface area (Å²) in [6, 6.07) is 13.2. The van der Waals surface area contributed by atoms with E-state index in [1.54, 1.807) is 44.6 Å². The molecule has 0 bridgehead atoms. The van der Waals surface area contributed by atoms with Crippen LogP contribution in [0.1, 0.15) is 41.1 Å². The van der Waals surface area contributed by atoms with Gasteiger partial charge in [0.2, 0.25) is 0 Å². The van der Waals surface area contributed by atoms with Gasteiger partial charge in [-0.3, -0.25) is 9.59 Å². The average Bonchev–Trinajstić information content (AvgIpc) is 3.43. The van der Waals surface area contributed by atoms with Gasteiger partial charge in [-0.25, -0.2) is 0 Å². The fraction of sp³-hybridized carbons (Fsp3) is 0.259. The molecule has 0 aliphatic rings. The number of rotatable bonds is 11. The summed E-state index contributed by atoms with van der Waals surface area (Å²) in [6.07, 6.45) is 3.55. The number of carbonyl (C=O) groups is 2. The highest BCUT2D eigenvalue weighted by atomic mass is 16.5. The van der Waals surface area contributed by atoms with E-state index in [4.69, 9.17) is 23.4 Å². The molecule has 1 heterocycles. The summed E-state index contributed by atoms with van der Waals surface area (Å²) in [5, 5.41) is 5.67. The normalized spacial score (nSPS) is 11.9. The molecule has 3 aromatic rings. The SMILES string of the molecule is CC[C@@H](NC(=O)/C(=C/c1ccco1)NC(=O)c1ccc(OC)c(OC)c1)c1ccc(OC)c(OC)c1. The third kappa shape index (κ3) is 6.18. The summed E-state index contributed by atoms with van der Waals surface area (Å²) < 4.78 is 26.6. The molecule has 0 fully saturated rings. The number of ether oxygens (including phenoxy) is 4. The quantitative estimate of drug-likeness (QED) is 0.382. The van der Waals surface area contributed by atoms with Gasteiger partial charge in [0, 0.05) is 11.6 Å². The Hall–Kier alpha value is -4.40. The summed E-state index contributed by atoms with van der Waals surface area (Å²) in [5.74, 6) is 1.44. The lowest BCUT2D eigenvalue weighted by Crippen LogP contribution is -2.36. The van der Waals surface area contributed by atoms with Crippen LogP contribution in [-0.4, -0.2) is 40.3 Å². The second-order valence-electron chi connectivity index (χ2n) is 7.65. The molecule has 0 aliphatic carbocycles. The Morgan fingerprint density at radius 1 is 0.889 bits per heavy atom. The van der Waals surface area contributed by atoms with Gasteiger partial charge in [0.1, 0.15) is 11.5 Å². The zero-order chi connectivity index (χ0) is 26.1. The van der Waals surface area contributed by atoms with E-state index in [0.29, 0.717) is 35.2 Å². The number of hydrogen-bond donors (Lipinski definition) is 2. The van der Waals surface area contributed by atoms with Gasteiger partial charge >= 0.3 is 0 Å². The van der Waals surface area contributed by atoms with E-state index in [1.165, 1.54) is 32.6 Å². The Morgan fingerprint density at radius 3 is 2.11 bits per heavy atom. The third-order valence-electron chi connectivity index (χ3n) is 5.49. The van der Waals surface area contributed by atoms with Crippen LogP contribution in [0, 0.1) is 0 Å². The molecule has 0 unspecified atom stereocenters. The van der Waals surface area contributed by atoms with Gasteiger partial charge in [-0.05, 0) is 54.4 Å². The van der Waals surface area contributed by atoms with E-state index in [2.05, 4.69) is 10.6 Å². The number of nitrogens with one attached hydrogen (secondary N) is 2. The maximum atomic E-state index is 13.3. The number of hydrogen-bond acceptors (Lipinski definition) is 7. The molecule has 0 aliphatic heterocycles. The van der Waals surface area contributed by atoms with Crippen molar-refractivity contribution in [3.63, 3.8) is 0 Å². The fourth-order valence-corrected chi connectivity index (χ4v) is 3.57. The first kappa shape index (κ1) is 26.2. The van der Waals surface area contributed by atoms with Crippen LogP contribution in [0.15, 0.2) is 64.9 Å². The highest BCUT2D eigenvalue weighted by Gasteiger charge is 2.21. The van der Waals surface area contributed by atoms with Gasteiger partial charge in [0.25, 0.3) is 11.8 Å². The Kier molecular flexibility index (Phi) is 8.99. The van der Waals surface area contributed by atoms with Crippen molar-refractivity contribution in [1.29, 1.82) is 0 Å². The monoisotopic (exact) mass is 494 g/mol.